The van der Waals surface area contributed by atoms with Gasteiger partial charge in [0.25, 0.3) is 17.7 Å². The Kier molecular flexibility index (Phi) is 8.78. The Bertz CT molecular complexity index is 1140. The molecule has 2 heterocycles. The summed E-state index contributed by atoms with van der Waals surface area (Å²) in [4.78, 5) is 33.3. The average Bonchev–Trinajstić information content (AvgIpc) is 3.39. The van der Waals surface area contributed by atoms with Crippen LogP contribution in [0.4, 0.5) is 4.39 Å². The van der Waals surface area contributed by atoms with Crippen molar-refractivity contribution in [1.29, 1.82) is 0 Å². The van der Waals surface area contributed by atoms with Gasteiger partial charge < -0.3 is 19.6 Å². The van der Waals surface area contributed by atoms with Crippen LogP contribution in [0.3, 0.4) is 0 Å². The number of nitrogens with one attached hydrogen (secondary N) is 1. The van der Waals surface area contributed by atoms with Crippen LogP contribution < -0.4 is 5.32 Å². The van der Waals surface area contributed by atoms with Crippen LogP contribution in [0.2, 0.25) is 0 Å². The summed E-state index contributed by atoms with van der Waals surface area (Å²) in [6.07, 6.45) is 5.22. The molecule has 3 aromatic rings. The molecule has 8 nitrogen and oxygen atoms in total. The van der Waals surface area contributed by atoms with Gasteiger partial charge in [-0.2, -0.15) is 4.98 Å². The molecule has 2 aromatic carbocycles. The van der Waals surface area contributed by atoms with Crippen LogP contribution in [0.1, 0.15) is 52.2 Å². The second-order valence-electron chi connectivity index (χ2n) is 9.09. The van der Waals surface area contributed by atoms with Gasteiger partial charge in [0.15, 0.2) is 5.82 Å². The minimum atomic E-state index is -0.384. The molecule has 0 radical (unpaired) electrons. The number of rotatable bonds is 10. The van der Waals surface area contributed by atoms with Gasteiger partial charge in [0.1, 0.15) is 5.82 Å². The van der Waals surface area contributed by atoms with E-state index in [2.05, 4.69) is 20.4 Å². The Labute approximate surface area is 210 Å². The first-order valence-corrected chi connectivity index (χ1v) is 12.4. The van der Waals surface area contributed by atoms with E-state index in [4.69, 9.17) is 4.52 Å². The van der Waals surface area contributed by atoms with E-state index in [1.54, 1.807) is 31.3 Å². The van der Waals surface area contributed by atoms with Crippen molar-refractivity contribution >= 4 is 11.8 Å². The van der Waals surface area contributed by atoms with E-state index in [0.29, 0.717) is 47.9 Å². The molecule has 1 aromatic heterocycles. The number of amides is 2. The number of benzene rings is 2. The van der Waals surface area contributed by atoms with Gasteiger partial charge in [-0.3, -0.25) is 9.59 Å². The van der Waals surface area contributed by atoms with Crippen molar-refractivity contribution in [1.82, 2.24) is 25.3 Å². The summed E-state index contributed by atoms with van der Waals surface area (Å²) in [5.74, 6) is 0.134. The van der Waals surface area contributed by atoms with Gasteiger partial charge in [-0.25, -0.2) is 4.39 Å². The molecule has 9 heteroatoms. The van der Waals surface area contributed by atoms with E-state index in [0.717, 1.165) is 26.1 Å². The first-order chi connectivity index (χ1) is 17.5. The van der Waals surface area contributed by atoms with Crippen LogP contribution >= 0.6 is 0 Å². The SMILES string of the molecule is CN(CCc1noc(-c2ccc(C(=O)NCCCN3CCCCC3)cc2)n1)C(=O)c1ccc(F)cc1. The topological polar surface area (TPSA) is 91.6 Å². The lowest BCUT2D eigenvalue weighted by atomic mass is 10.1. The molecule has 1 aliphatic heterocycles. The van der Waals surface area contributed by atoms with Crippen LogP contribution in [0.5, 0.6) is 0 Å². The van der Waals surface area contributed by atoms with Gasteiger partial charge in [-0.15, -0.1) is 0 Å². The van der Waals surface area contributed by atoms with Crippen molar-refractivity contribution in [2.75, 3.05) is 39.8 Å². The van der Waals surface area contributed by atoms with E-state index >= 15 is 0 Å². The summed E-state index contributed by atoms with van der Waals surface area (Å²) in [6, 6.07) is 12.5. The minimum absolute atomic E-state index is 0.0970. The number of likely N-dealkylation sites (tertiary alicyclic amines) is 1. The number of carbonyl (C=O) groups is 2. The fourth-order valence-electron chi connectivity index (χ4n) is 4.21. The van der Waals surface area contributed by atoms with E-state index in [-0.39, 0.29) is 17.6 Å². The molecule has 1 fully saturated rings. The molecule has 0 saturated carbocycles. The summed E-state index contributed by atoms with van der Waals surface area (Å²) in [7, 11) is 1.67. The molecule has 0 spiro atoms. The molecular weight excluding hydrogens is 461 g/mol. The highest BCUT2D eigenvalue weighted by Crippen LogP contribution is 2.18. The number of likely N-dealkylation sites (N-methyl/N-ethyl adjacent to an activating group) is 1. The first-order valence-electron chi connectivity index (χ1n) is 12.4. The number of carbonyl (C=O) groups excluding carboxylic acids is 2. The molecule has 1 saturated heterocycles. The van der Waals surface area contributed by atoms with Crippen LogP contribution in [0.25, 0.3) is 11.5 Å². The monoisotopic (exact) mass is 493 g/mol. The van der Waals surface area contributed by atoms with Crippen LogP contribution in [-0.2, 0) is 6.42 Å². The highest BCUT2D eigenvalue weighted by molar-refractivity contribution is 5.94. The number of nitrogens with zero attached hydrogens (tertiary/aromatic N) is 4. The lowest BCUT2D eigenvalue weighted by Gasteiger charge is -2.26. The normalized spacial score (nSPS) is 13.9. The van der Waals surface area contributed by atoms with E-state index in [1.165, 1.54) is 48.4 Å². The fourth-order valence-corrected chi connectivity index (χ4v) is 4.21. The second kappa shape index (κ2) is 12.4. The predicted octanol–water partition coefficient (Wildman–Crippen LogP) is 3.80. The van der Waals surface area contributed by atoms with Gasteiger partial charge in [-0.05, 0) is 87.4 Å². The van der Waals surface area contributed by atoms with Crippen molar-refractivity contribution < 1.29 is 18.5 Å². The van der Waals surface area contributed by atoms with Gasteiger partial charge in [0.05, 0.1) is 0 Å². The van der Waals surface area contributed by atoms with E-state index < -0.39 is 0 Å². The maximum absolute atomic E-state index is 13.1. The van der Waals surface area contributed by atoms with E-state index in [9.17, 15) is 14.0 Å². The number of aromatic nitrogens is 2. The third-order valence-corrected chi connectivity index (χ3v) is 6.36. The highest BCUT2D eigenvalue weighted by Gasteiger charge is 2.15. The van der Waals surface area contributed by atoms with Crippen LogP contribution in [-0.4, -0.2) is 71.5 Å². The Balaban J connectivity index is 1.23. The zero-order valence-electron chi connectivity index (χ0n) is 20.6. The van der Waals surface area contributed by atoms with Gasteiger partial charge in [-0.1, -0.05) is 11.6 Å². The van der Waals surface area contributed by atoms with E-state index in [1.807, 2.05) is 0 Å². The molecule has 36 heavy (non-hydrogen) atoms. The Morgan fingerprint density at radius 2 is 1.72 bits per heavy atom. The van der Waals surface area contributed by atoms with Gasteiger partial charge >= 0.3 is 0 Å². The quantitative estimate of drug-likeness (QED) is 0.432. The van der Waals surface area contributed by atoms with Crippen molar-refractivity contribution in [2.24, 2.45) is 0 Å². The first kappa shape index (κ1) is 25.5. The van der Waals surface area contributed by atoms with Crippen LogP contribution in [0.15, 0.2) is 53.1 Å². The molecule has 4 rings (SSSR count). The Morgan fingerprint density at radius 1 is 1.03 bits per heavy atom. The summed E-state index contributed by atoms with van der Waals surface area (Å²) >= 11 is 0. The molecule has 1 N–H and O–H groups in total. The smallest absolute Gasteiger partial charge is 0.257 e. The zero-order chi connectivity index (χ0) is 25.3. The summed E-state index contributed by atoms with van der Waals surface area (Å²) < 4.78 is 18.4. The van der Waals surface area contributed by atoms with Crippen molar-refractivity contribution in [3.8, 4) is 11.5 Å². The predicted molar refractivity (Wildman–Crippen MR) is 134 cm³/mol. The molecule has 190 valence electrons. The molecule has 0 aliphatic carbocycles. The summed E-state index contributed by atoms with van der Waals surface area (Å²) in [6.45, 7) is 4.39. The standard InChI is InChI=1S/C27H32FN5O3/c1-32(27(35)22-10-12-23(28)13-11-22)19-14-24-30-26(36-31-24)21-8-6-20(7-9-21)25(34)29-15-5-18-33-16-3-2-4-17-33/h6-13H,2-5,14-19H2,1H3,(H,29,34). The summed E-state index contributed by atoms with van der Waals surface area (Å²) in [5, 5.41) is 6.98. The third kappa shape index (κ3) is 6.97. The molecule has 0 bridgehead atoms. The number of piperidine rings is 1. The average molecular weight is 494 g/mol. The molecule has 0 atom stereocenters. The molecular formula is C27H32FN5O3. The van der Waals surface area contributed by atoms with Crippen molar-refractivity contribution in [3.63, 3.8) is 0 Å². The molecule has 2 amide bonds. The third-order valence-electron chi connectivity index (χ3n) is 6.36. The van der Waals surface area contributed by atoms with Gasteiger partial charge in [0.2, 0.25) is 0 Å². The van der Waals surface area contributed by atoms with Crippen molar-refractivity contribution in [2.45, 2.75) is 32.1 Å². The number of halogens is 1. The number of hydrogen-bond acceptors (Lipinski definition) is 6. The largest absolute Gasteiger partial charge is 0.352 e. The summed E-state index contributed by atoms with van der Waals surface area (Å²) in [5.41, 5.74) is 1.71. The van der Waals surface area contributed by atoms with Crippen LogP contribution in [0, 0.1) is 5.82 Å². The second-order valence-corrected chi connectivity index (χ2v) is 9.09. The fraction of sp³-hybridized carbons (Fsp3) is 0.407. The number of hydrogen-bond donors (Lipinski definition) is 1. The Morgan fingerprint density at radius 3 is 2.44 bits per heavy atom. The highest BCUT2D eigenvalue weighted by atomic mass is 19.1. The zero-order valence-corrected chi connectivity index (χ0v) is 20.6. The maximum Gasteiger partial charge on any atom is 0.257 e. The molecule has 0 unspecified atom stereocenters. The lowest BCUT2D eigenvalue weighted by molar-refractivity contribution is 0.0795. The maximum atomic E-state index is 13.1. The lowest BCUT2D eigenvalue weighted by Crippen LogP contribution is -2.33. The van der Waals surface area contributed by atoms with Gasteiger partial charge in [0, 0.05) is 43.2 Å². The molecule has 1 aliphatic rings. The Hall–Kier alpha value is -3.59. The van der Waals surface area contributed by atoms with Crippen molar-refractivity contribution in [3.05, 3.63) is 71.3 Å². The minimum Gasteiger partial charge on any atom is -0.352 e.